The van der Waals surface area contributed by atoms with Gasteiger partial charge in [0.15, 0.2) is 5.75 Å². The SMILES string of the molecule is Cc1cc(N2C[C@H](CNC(=O)c3ccc(Cl)s3)CC2=O)ccc1-n1cccc(OCCNC2CC2)c1=O. The van der Waals surface area contributed by atoms with Crippen molar-refractivity contribution in [2.75, 3.05) is 31.1 Å². The van der Waals surface area contributed by atoms with Crippen LogP contribution in [0.5, 0.6) is 5.75 Å². The van der Waals surface area contributed by atoms with E-state index in [4.69, 9.17) is 16.3 Å². The quantitative estimate of drug-likeness (QED) is 0.382. The maximum Gasteiger partial charge on any atom is 0.297 e. The van der Waals surface area contributed by atoms with Crippen molar-refractivity contribution in [3.8, 4) is 11.4 Å². The highest BCUT2D eigenvalue weighted by atomic mass is 35.5. The lowest BCUT2D eigenvalue weighted by Crippen LogP contribution is -2.31. The summed E-state index contributed by atoms with van der Waals surface area (Å²) in [6, 6.07) is 13.1. The summed E-state index contributed by atoms with van der Waals surface area (Å²) in [5, 5.41) is 6.28. The van der Waals surface area contributed by atoms with Crippen LogP contribution in [0.25, 0.3) is 5.69 Å². The van der Waals surface area contributed by atoms with Gasteiger partial charge in [0.05, 0.1) is 14.9 Å². The fraction of sp³-hybridized carbons (Fsp3) is 0.370. The number of thiophene rings is 1. The number of pyridine rings is 1. The summed E-state index contributed by atoms with van der Waals surface area (Å²) in [7, 11) is 0. The van der Waals surface area contributed by atoms with Gasteiger partial charge in [0.1, 0.15) is 6.61 Å². The molecule has 8 nitrogen and oxygen atoms in total. The number of rotatable bonds is 10. The number of amides is 2. The number of aromatic nitrogens is 1. The van der Waals surface area contributed by atoms with E-state index in [0.29, 0.717) is 53.7 Å². The van der Waals surface area contributed by atoms with E-state index in [2.05, 4.69) is 10.6 Å². The molecule has 1 saturated heterocycles. The van der Waals surface area contributed by atoms with Gasteiger partial charge in [-0.15, -0.1) is 11.3 Å². The highest BCUT2D eigenvalue weighted by Gasteiger charge is 2.31. The molecule has 3 aromatic rings. The van der Waals surface area contributed by atoms with E-state index in [1.165, 1.54) is 24.2 Å². The summed E-state index contributed by atoms with van der Waals surface area (Å²) >= 11 is 7.14. The molecule has 1 atom stereocenters. The van der Waals surface area contributed by atoms with Crippen molar-refractivity contribution in [1.29, 1.82) is 0 Å². The second-order valence-electron chi connectivity index (χ2n) is 9.48. The number of ether oxygens (including phenoxy) is 1. The number of anilines is 1. The van der Waals surface area contributed by atoms with Crippen molar-refractivity contribution in [2.24, 2.45) is 5.92 Å². The molecular weight excluding hydrogens is 512 g/mol. The second-order valence-corrected chi connectivity index (χ2v) is 11.2. The summed E-state index contributed by atoms with van der Waals surface area (Å²) < 4.78 is 7.87. The van der Waals surface area contributed by atoms with Gasteiger partial charge in [0, 0.05) is 49.9 Å². The van der Waals surface area contributed by atoms with Crippen LogP contribution < -0.4 is 25.8 Å². The van der Waals surface area contributed by atoms with Gasteiger partial charge >= 0.3 is 0 Å². The Kier molecular flexibility index (Phi) is 7.64. The maximum absolute atomic E-state index is 13.0. The highest BCUT2D eigenvalue weighted by molar-refractivity contribution is 7.18. The molecular formula is C27H29ClN4O4S. The summed E-state index contributed by atoms with van der Waals surface area (Å²) in [6.45, 7) is 3.99. The summed E-state index contributed by atoms with van der Waals surface area (Å²) in [4.78, 5) is 40.4. The summed E-state index contributed by atoms with van der Waals surface area (Å²) in [5.41, 5.74) is 2.16. The molecule has 2 aliphatic rings. The molecule has 1 aliphatic heterocycles. The van der Waals surface area contributed by atoms with E-state index >= 15 is 0 Å². The number of hydrogen-bond acceptors (Lipinski definition) is 6. The smallest absolute Gasteiger partial charge is 0.297 e. The molecule has 2 aromatic heterocycles. The topological polar surface area (TPSA) is 92.7 Å². The molecule has 1 aliphatic carbocycles. The number of nitrogens with zero attached hydrogens (tertiary/aromatic N) is 2. The first kappa shape index (κ1) is 25.5. The Balaban J connectivity index is 1.22. The maximum atomic E-state index is 13.0. The standard InChI is InChI=1S/C27H29ClN4O4S/c1-17-13-20(32-16-18(14-25(32)33)15-30-26(34)23-8-9-24(28)37-23)6-7-21(17)31-11-2-3-22(27(31)35)36-12-10-29-19-4-5-19/h2-3,6-9,11,13,18-19,29H,4-5,10,12,14-16H2,1H3,(H,30,34)/t18-/m0/s1. The minimum atomic E-state index is -0.218. The lowest BCUT2D eigenvalue weighted by Gasteiger charge is -2.19. The first-order valence-electron chi connectivity index (χ1n) is 12.4. The van der Waals surface area contributed by atoms with E-state index in [9.17, 15) is 14.4 Å². The first-order valence-corrected chi connectivity index (χ1v) is 13.6. The number of nitrogens with one attached hydrogen (secondary N) is 2. The van der Waals surface area contributed by atoms with Gasteiger partial charge in [-0.05, 0) is 67.8 Å². The van der Waals surface area contributed by atoms with Gasteiger partial charge in [-0.1, -0.05) is 11.6 Å². The number of carbonyl (C=O) groups is 2. The third-order valence-corrected chi connectivity index (χ3v) is 7.82. The lowest BCUT2D eigenvalue weighted by atomic mass is 10.1. The van der Waals surface area contributed by atoms with Crippen LogP contribution in [0, 0.1) is 12.8 Å². The fourth-order valence-electron chi connectivity index (χ4n) is 4.49. The minimum absolute atomic E-state index is 0.0118. The van der Waals surface area contributed by atoms with Gasteiger partial charge in [-0.25, -0.2) is 0 Å². The van der Waals surface area contributed by atoms with E-state index < -0.39 is 0 Å². The monoisotopic (exact) mass is 540 g/mol. The zero-order chi connectivity index (χ0) is 25.9. The van der Waals surface area contributed by atoms with Crippen LogP contribution in [-0.2, 0) is 4.79 Å². The van der Waals surface area contributed by atoms with Crippen LogP contribution in [0.1, 0.15) is 34.5 Å². The average Bonchev–Trinajstić information content (AvgIpc) is 3.48. The molecule has 5 rings (SSSR count). The van der Waals surface area contributed by atoms with Crippen LogP contribution in [0.2, 0.25) is 4.34 Å². The minimum Gasteiger partial charge on any atom is -0.487 e. The van der Waals surface area contributed by atoms with Crippen molar-refractivity contribution in [1.82, 2.24) is 15.2 Å². The van der Waals surface area contributed by atoms with Crippen molar-refractivity contribution >= 4 is 40.4 Å². The fourth-order valence-corrected chi connectivity index (χ4v) is 5.45. The van der Waals surface area contributed by atoms with Gasteiger partial charge < -0.3 is 20.3 Å². The molecule has 194 valence electrons. The van der Waals surface area contributed by atoms with Crippen LogP contribution in [0.15, 0.2) is 53.5 Å². The Bertz CT molecular complexity index is 1370. The molecule has 10 heteroatoms. The molecule has 0 bridgehead atoms. The lowest BCUT2D eigenvalue weighted by molar-refractivity contribution is -0.117. The van der Waals surface area contributed by atoms with Crippen molar-refractivity contribution < 1.29 is 14.3 Å². The normalized spacial score (nSPS) is 17.3. The van der Waals surface area contributed by atoms with Gasteiger partial charge in [-0.3, -0.25) is 19.0 Å². The molecule has 1 saturated carbocycles. The Morgan fingerprint density at radius 1 is 1.19 bits per heavy atom. The Morgan fingerprint density at radius 2 is 2.03 bits per heavy atom. The van der Waals surface area contributed by atoms with Gasteiger partial charge in [-0.2, -0.15) is 0 Å². The van der Waals surface area contributed by atoms with Gasteiger partial charge in [0.2, 0.25) is 5.91 Å². The average molecular weight is 541 g/mol. The Hall–Kier alpha value is -3.14. The highest BCUT2D eigenvalue weighted by Crippen LogP contribution is 2.28. The van der Waals surface area contributed by atoms with Crippen LogP contribution >= 0.6 is 22.9 Å². The first-order chi connectivity index (χ1) is 17.9. The Morgan fingerprint density at radius 3 is 2.76 bits per heavy atom. The third-order valence-electron chi connectivity index (χ3n) is 6.59. The van der Waals surface area contributed by atoms with Crippen LogP contribution in [0.3, 0.4) is 0 Å². The van der Waals surface area contributed by atoms with Crippen molar-refractivity contribution in [2.45, 2.75) is 32.2 Å². The van der Waals surface area contributed by atoms with E-state index in [1.54, 1.807) is 39.9 Å². The zero-order valence-electron chi connectivity index (χ0n) is 20.5. The van der Waals surface area contributed by atoms with E-state index in [1.807, 2.05) is 25.1 Å². The predicted molar refractivity (Wildman–Crippen MR) is 145 cm³/mol. The van der Waals surface area contributed by atoms with E-state index in [-0.39, 0.29) is 23.3 Å². The predicted octanol–water partition coefficient (Wildman–Crippen LogP) is 3.77. The Labute approximate surface area is 224 Å². The molecule has 1 aromatic carbocycles. The molecule has 2 fully saturated rings. The summed E-state index contributed by atoms with van der Waals surface area (Å²) in [5.74, 6) is 0.155. The molecule has 2 amide bonds. The molecule has 37 heavy (non-hydrogen) atoms. The second kappa shape index (κ2) is 11.1. The molecule has 2 N–H and O–H groups in total. The molecule has 0 spiro atoms. The third kappa shape index (κ3) is 6.06. The van der Waals surface area contributed by atoms with Crippen molar-refractivity contribution in [3.05, 3.63) is 73.8 Å². The van der Waals surface area contributed by atoms with E-state index in [0.717, 1.165) is 16.9 Å². The number of carbonyl (C=O) groups excluding carboxylic acids is 2. The summed E-state index contributed by atoms with van der Waals surface area (Å²) in [6.07, 6.45) is 4.50. The molecule has 0 unspecified atom stereocenters. The van der Waals surface area contributed by atoms with Crippen LogP contribution in [-0.4, -0.2) is 48.7 Å². The molecule has 0 radical (unpaired) electrons. The van der Waals surface area contributed by atoms with Gasteiger partial charge in [0.25, 0.3) is 11.5 Å². The van der Waals surface area contributed by atoms with Crippen molar-refractivity contribution in [3.63, 3.8) is 0 Å². The zero-order valence-corrected chi connectivity index (χ0v) is 22.1. The van der Waals surface area contributed by atoms with Crippen LogP contribution in [0.4, 0.5) is 5.69 Å². The largest absolute Gasteiger partial charge is 0.487 e. The number of halogens is 1. The number of aryl methyl sites for hydroxylation is 1. The number of hydrogen-bond donors (Lipinski definition) is 2. The molecule has 3 heterocycles. The number of benzene rings is 1.